The molecule has 0 spiro atoms. The van der Waals surface area contributed by atoms with Crippen LogP contribution in [-0.2, 0) is 4.79 Å². The Balaban J connectivity index is 1.57. The van der Waals surface area contributed by atoms with Crippen molar-refractivity contribution in [2.75, 3.05) is 13.1 Å². The third kappa shape index (κ3) is 2.49. The normalized spacial score (nSPS) is 38.5. The Kier molecular flexibility index (Phi) is 3.28. The molecular weight excluding hydrogens is 250 g/mol. The van der Waals surface area contributed by atoms with Gasteiger partial charge in [0.2, 0.25) is 11.8 Å². The van der Waals surface area contributed by atoms with Crippen molar-refractivity contribution in [3.05, 3.63) is 0 Å². The van der Waals surface area contributed by atoms with Crippen LogP contribution in [0.3, 0.4) is 0 Å². The Hall–Kier alpha value is -0.710. The number of carbonyl (C=O) groups is 1. The van der Waals surface area contributed by atoms with E-state index in [1.165, 1.54) is 0 Å². The van der Waals surface area contributed by atoms with Crippen LogP contribution in [0.5, 0.6) is 0 Å². The van der Waals surface area contributed by atoms with Crippen molar-refractivity contribution in [1.29, 1.82) is 0 Å². The zero-order chi connectivity index (χ0) is 13.6. The first-order chi connectivity index (χ1) is 8.96. The number of halogens is 2. The van der Waals surface area contributed by atoms with E-state index in [0.717, 1.165) is 25.9 Å². The van der Waals surface area contributed by atoms with Gasteiger partial charge in [0.1, 0.15) is 0 Å². The minimum absolute atomic E-state index is 0.0945. The van der Waals surface area contributed by atoms with Gasteiger partial charge in [-0.3, -0.25) is 4.79 Å². The maximum absolute atomic E-state index is 13.1. The number of likely N-dealkylation sites (tertiary alicyclic amines) is 1. The van der Waals surface area contributed by atoms with Crippen molar-refractivity contribution in [3.8, 4) is 0 Å². The molecule has 0 aromatic carbocycles. The molecule has 1 saturated heterocycles. The van der Waals surface area contributed by atoms with Gasteiger partial charge in [-0.05, 0) is 37.5 Å². The third-order valence-corrected chi connectivity index (χ3v) is 5.29. The molecule has 3 aliphatic rings. The molecule has 2 aliphatic carbocycles. The molecule has 1 heterocycles. The van der Waals surface area contributed by atoms with Gasteiger partial charge in [0, 0.05) is 37.9 Å². The highest BCUT2D eigenvalue weighted by molar-refractivity contribution is 5.79. The van der Waals surface area contributed by atoms with E-state index >= 15 is 0 Å². The summed E-state index contributed by atoms with van der Waals surface area (Å²) in [6.07, 6.45) is 2.58. The lowest BCUT2D eigenvalue weighted by molar-refractivity contribution is -0.138. The van der Waals surface area contributed by atoms with Crippen LogP contribution < -0.4 is 5.73 Å². The number of nitrogens with zero attached hydrogens (tertiary/aromatic N) is 1. The first kappa shape index (κ1) is 13.3. The summed E-state index contributed by atoms with van der Waals surface area (Å²) >= 11 is 0. The number of fused-ring (bicyclic) bond motifs is 1. The van der Waals surface area contributed by atoms with Gasteiger partial charge in [0.15, 0.2) is 0 Å². The predicted octanol–water partition coefficient (Wildman–Crippen LogP) is 2.01. The van der Waals surface area contributed by atoms with Crippen molar-refractivity contribution < 1.29 is 13.6 Å². The molecule has 0 unspecified atom stereocenters. The molecule has 0 bridgehead atoms. The van der Waals surface area contributed by atoms with Crippen molar-refractivity contribution in [2.45, 2.75) is 50.5 Å². The van der Waals surface area contributed by atoms with Crippen LogP contribution in [0.4, 0.5) is 8.78 Å². The summed E-state index contributed by atoms with van der Waals surface area (Å²) in [5, 5.41) is 0. The predicted molar refractivity (Wildman–Crippen MR) is 67.7 cm³/mol. The smallest absolute Gasteiger partial charge is 0.248 e. The van der Waals surface area contributed by atoms with Crippen LogP contribution >= 0.6 is 0 Å². The molecule has 5 heteroatoms. The average molecular weight is 272 g/mol. The van der Waals surface area contributed by atoms with Gasteiger partial charge in [-0.2, -0.15) is 0 Å². The van der Waals surface area contributed by atoms with E-state index < -0.39 is 5.92 Å². The molecule has 0 radical (unpaired) electrons. The monoisotopic (exact) mass is 272 g/mol. The van der Waals surface area contributed by atoms with Crippen LogP contribution in [0.1, 0.15) is 38.5 Å². The average Bonchev–Trinajstić information content (AvgIpc) is 2.91. The van der Waals surface area contributed by atoms with E-state index in [9.17, 15) is 13.6 Å². The Bertz CT molecular complexity index is 364. The van der Waals surface area contributed by atoms with Crippen molar-refractivity contribution >= 4 is 5.91 Å². The molecule has 2 N–H and O–H groups in total. The summed E-state index contributed by atoms with van der Waals surface area (Å²) in [4.78, 5) is 14.3. The molecule has 3 fully saturated rings. The van der Waals surface area contributed by atoms with Crippen molar-refractivity contribution in [1.82, 2.24) is 4.90 Å². The summed E-state index contributed by atoms with van der Waals surface area (Å²) in [5.41, 5.74) is 6.06. The summed E-state index contributed by atoms with van der Waals surface area (Å²) in [7, 11) is 0. The van der Waals surface area contributed by atoms with Crippen LogP contribution in [0.2, 0.25) is 0 Å². The zero-order valence-corrected chi connectivity index (χ0v) is 11.2. The molecule has 1 amide bonds. The Morgan fingerprint density at radius 1 is 1.11 bits per heavy atom. The Morgan fingerprint density at radius 2 is 1.79 bits per heavy atom. The van der Waals surface area contributed by atoms with Gasteiger partial charge in [-0.1, -0.05) is 0 Å². The summed E-state index contributed by atoms with van der Waals surface area (Å²) in [5.74, 6) is -1.66. The van der Waals surface area contributed by atoms with Crippen molar-refractivity contribution in [3.63, 3.8) is 0 Å². The first-order valence-corrected chi connectivity index (χ1v) is 7.38. The van der Waals surface area contributed by atoms with Gasteiger partial charge >= 0.3 is 0 Å². The Labute approximate surface area is 112 Å². The fourth-order valence-electron chi connectivity index (χ4n) is 4.03. The van der Waals surface area contributed by atoms with E-state index in [1.807, 2.05) is 4.90 Å². The highest BCUT2D eigenvalue weighted by atomic mass is 19.3. The highest BCUT2D eigenvalue weighted by Gasteiger charge is 2.45. The number of hydrogen-bond acceptors (Lipinski definition) is 2. The number of hydrogen-bond donors (Lipinski definition) is 1. The molecule has 1 aliphatic heterocycles. The SMILES string of the molecule is N[C@H]1CC[C@@H]2CN(C(=O)C3CCC(F)(F)CC3)C[C@H]21. The highest BCUT2D eigenvalue weighted by Crippen LogP contribution is 2.40. The fourth-order valence-corrected chi connectivity index (χ4v) is 4.03. The van der Waals surface area contributed by atoms with E-state index in [0.29, 0.717) is 24.7 Å². The van der Waals surface area contributed by atoms with Gasteiger partial charge in [-0.25, -0.2) is 8.78 Å². The Morgan fingerprint density at radius 3 is 2.42 bits per heavy atom. The van der Waals surface area contributed by atoms with Crippen LogP contribution in [0.15, 0.2) is 0 Å². The maximum atomic E-state index is 13.1. The van der Waals surface area contributed by atoms with Gasteiger partial charge in [0.05, 0.1) is 0 Å². The third-order valence-electron chi connectivity index (χ3n) is 5.29. The summed E-state index contributed by atoms with van der Waals surface area (Å²) in [6, 6.07) is 0.221. The summed E-state index contributed by atoms with van der Waals surface area (Å²) in [6.45, 7) is 1.54. The van der Waals surface area contributed by atoms with E-state index in [1.54, 1.807) is 0 Å². The molecule has 0 aromatic rings. The number of alkyl halides is 2. The number of carbonyl (C=O) groups excluding carboxylic acids is 1. The van der Waals surface area contributed by atoms with Gasteiger partial charge in [0.25, 0.3) is 0 Å². The van der Waals surface area contributed by atoms with Crippen molar-refractivity contribution in [2.24, 2.45) is 23.5 Å². The van der Waals surface area contributed by atoms with E-state index in [4.69, 9.17) is 5.73 Å². The number of nitrogens with two attached hydrogens (primary N) is 1. The molecule has 0 aromatic heterocycles. The molecule has 108 valence electrons. The van der Waals surface area contributed by atoms with Crippen LogP contribution in [0.25, 0.3) is 0 Å². The number of amides is 1. The molecule has 3 atom stereocenters. The van der Waals surface area contributed by atoms with E-state index in [-0.39, 0.29) is 30.7 Å². The first-order valence-electron chi connectivity index (χ1n) is 7.38. The lowest BCUT2D eigenvalue weighted by Gasteiger charge is -2.30. The lowest BCUT2D eigenvalue weighted by Crippen LogP contribution is -2.39. The minimum Gasteiger partial charge on any atom is -0.342 e. The quantitative estimate of drug-likeness (QED) is 0.793. The molecular formula is C14H22F2N2O. The minimum atomic E-state index is -2.55. The second-order valence-electron chi connectivity index (χ2n) is 6.54. The summed E-state index contributed by atoms with van der Waals surface area (Å²) < 4.78 is 26.2. The fraction of sp³-hybridized carbons (Fsp3) is 0.929. The van der Waals surface area contributed by atoms with Crippen LogP contribution in [-0.4, -0.2) is 35.9 Å². The second kappa shape index (κ2) is 4.69. The van der Waals surface area contributed by atoms with E-state index in [2.05, 4.69) is 0 Å². The lowest BCUT2D eigenvalue weighted by atomic mass is 9.86. The molecule has 19 heavy (non-hydrogen) atoms. The molecule has 2 saturated carbocycles. The van der Waals surface area contributed by atoms with Crippen LogP contribution in [0, 0.1) is 17.8 Å². The van der Waals surface area contributed by atoms with Gasteiger partial charge in [-0.15, -0.1) is 0 Å². The standard InChI is InChI=1S/C14H22F2N2O/c15-14(16)5-3-9(4-6-14)13(19)18-7-10-1-2-12(17)11(10)8-18/h9-12H,1-8,17H2/t10-,11-,12+/m1/s1. The number of rotatable bonds is 1. The molecule has 3 nitrogen and oxygen atoms in total. The van der Waals surface area contributed by atoms with Gasteiger partial charge < -0.3 is 10.6 Å². The zero-order valence-electron chi connectivity index (χ0n) is 11.2. The second-order valence-corrected chi connectivity index (χ2v) is 6.54. The molecule has 3 rings (SSSR count). The topological polar surface area (TPSA) is 46.3 Å². The maximum Gasteiger partial charge on any atom is 0.248 e. The largest absolute Gasteiger partial charge is 0.342 e.